The Balaban J connectivity index is 1.70. The van der Waals surface area contributed by atoms with Crippen LogP contribution in [0.1, 0.15) is 30.6 Å². The molecule has 2 aromatic heterocycles. The van der Waals surface area contributed by atoms with Crippen molar-refractivity contribution in [3.63, 3.8) is 0 Å². The number of anilines is 1. The van der Waals surface area contributed by atoms with Crippen molar-refractivity contribution in [3.05, 3.63) is 58.8 Å². The van der Waals surface area contributed by atoms with Crippen LogP contribution in [0.15, 0.2) is 36.5 Å². The van der Waals surface area contributed by atoms with E-state index in [1.165, 1.54) is 19.2 Å². The molecule has 4 N–H and O–H groups in total. The Morgan fingerprint density at radius 3 is 2.54 bits per heavy atom. The van der Waals surface area contributed by atoms with Gasteiger partial charge in [0.25, 0.3) is 0 Å². The fraction of sp³-hybridized carbons (Fsp3) is 0.400. The van der Waals surface area contributed by atoms with E-state index in [0.29, 0.717) is 29.9 Å². The van der Waals surface area contributed by atoms with Crippen LogP contribution in [0.3, 0.4) is 0 Å². The number of rotatable bonds is 12. The lowest BCUT2D eigenvalue weighted by molar-refractivity contribution is 0.0483. The number of benzene rings is 1. The minimum Gasteiger partial charge on any atom is -0.379 e. The van der Waals surface area contributed by atoms with Crippen molar-refractivity contribution in [1.82, 2.24) is 14.6 Å². The number of nitrogens with one attached hydrogen (secondary N) is 1. The minimum absolute atomic E-state index is 0.171. The van der Waals surface area contributed by atoms with Gasteiger partial charge in [-0.15, -0.1) is 0 Å². The van der Waals surface area contributed by atoms with Crippen molar-refractivity contribution >= 4 is 38.1 Å². The monoisotopic (exact) mass is 550 g/mol. The van der Waals surface area contributed by atoms with Crippen LogP contribution < -0.4 is 5.32 Å². The van der Waals surface area contributed by atoms with Crippen LogP contribution in [0.25, 0.3) is 5.65 Å². The molecule has 15 heteroatoms. The lowest BCUT2D eigenvalue weighted by atomic mass is 10.1. The van der Waals surface area contributed by atoms with Gasteiger partial charge in [-0.05, 0) is 37.5 Å². The summed E-state index contributed by atoms with van der Waals surface area (Å²) in [6.45, 7) is 1.58. The molecule has 192 valence electrons. The maximum atomic E-state index is 13.2. The van der Waals surface area contributed by atoms with Crippen LogP contribution in [0.5, 0.6) is 0 Å². The molecule has 1 unspecified atom stereocenters. The Morgan fingerprint density at radius 2 is 1.91 bits per heavy atom. The molecule has 3 aromatic rings. The van der Waals surface area contributed by atoms with Crippen LogP contribution in [0.2, 0.25) is 5.15 Å². The lowest BCUT2D eigenvalue weighted by Crippen LogP contribution is -2.19. The lowest BCUT2D eigenvalue weighted by Gasteiger charge is -2.18. The van der Waals surface area contributed by atoms with Crippen molar-refractivity contribution in [2.24, 2.45) is 0 Å². The van der Waals surface area contributed by atoms with Crippen molar-refractivity contribution in [2.45, 2.75) is 31.9 Å². The number of imidazole rings is 1. The summed E-state index contributed by atoms with van der Waals surface area (Å²) in [5.74, 6) is -1.59. The van der Waals surface area contributed by atoms with E-state index in [9.17, 15) is 18.4 Å². The van der Waals surface area contributed by atoms with Gasteiger partial charge < -0.3 is 29.3 Å². The molecule has 0 spiro atoms. The first-order valence-corrected chi connectivity index (χ1v) is 14.4. The van der Waals surface area contributed by atoms with Gasteiger partial charge in [0, 0.05) is 19.2 Å². The highest BCUT2D eigenvalue weighted by molar-refractivity contribution is 7.70. The standard InChI is InChI=1S/C20H26ClFN4O7P2/c1-13(14-3-5-15(22)6-4-14)24-18-9-19(21)25-26-16(10-23-20(18)26)7-8-17(32-2)11-33-35(30,31)12-34(27,28)29/h3-6,9-10,13,17,24H,7-8,11-12H2,1-2H3,(H,30,31)(H2,27,28,29)/t13-,17-/m0/s1. The predicted octanol–water partition coefficient (Wildman–Crippen LogP) is 3.98. The number of aromatic nitrogens is 3. The summed E-state index contributed by atoms with van der Waals surface area (Å²) < 4.78 is 47.8. The fourth-order valence-corrected chi connectivity index (χ4v) is 6.15. The van der Waals surface area contributed by atoms with Crippen LogP contribution >= 0.6 is 26.8 Å². The number of ether oxygens (including phenoxy) is 1. The van der Waals surface area contributed by atoms with E-state index in [1.54, 1.807) is 28.9 Å². The van der Waals surface area contributed by atoms with E-state index in [4.69, 9.17) is 30.6 Å². The second kappa shape index (κ2) is 11.5. The highest BCUT2D eigenvalue weighted by Gasteiger charge is 2.31. The van der Waals surface area contributed by atoms with Gasteiger partial charge in [-0.3, -0.25) is 9.13 Å². The molecule has 11 nitrogen and oxygen atoms in total. The Labute approximate surface area is 205 Å². The van der Waals surface area contributed by atoms with Gasteiger partial charge in [-0.1, -0.05) is 23.7 Å². The van der Waals surface area contributed by atoms with Gasteiger partial charge in [0.05, 0.1) is 30.3 Å². The third-order valence-corrected chi connectivity index (χ3v) is 8.77. The van der Waals surface area contributed by atoms with Crippen molar-refractivity contribution < 1.29 is 37.5 Å². The fourth-order valence-electron chi connectivity index (χ4n) is 3.38. The van der Waals surface area contributed by atoms with E-state index < -0.39 is 27.2 Å². The van der Waals surface area contributed by atoms with Gasteiger partial charge in [-0.2, -0.15) is 5.10 Å². The number of nitrogens with zero attached hydrogens (tertiary/aromatic N) is 3. The summed E-state index contributed by atoms with van der Waals surface area (Å²) in [6, 6.07) is 7.60. The molecule has 3 atom stereocenters. The summed E-state index contributed by atoms with van der Waals surface area (Å²) >= 11 is 6.23. The van der Waals surface area contributed by atoms with Gasteiger partial charge in [-0.25, -0.2) is 13.9 Å². The first-order chi connectivity index (χ1) is 16.4. The zero-order valence-electron chi connectivity index (χ0n) is 18.9. The molecule has 0 saturated carbocycles. The summed E-state index contributed by atoms with van der Waals surface area (Å²) in [5, 5.41) is 7.83. The third-order valence-electron chi connectivity index (χ3n) is 5.13. The quantitative estimate of drug-likeness (QED) is 0.243. The van der Waals surface area contributed by atoms with Crippen molar-refractivity contribution in [3.8, 4) is 0 Å². The minimum atomic E-state index is -4.71. The molecule has 35 heavy (non-hydrogen) atoms. The number of methoxy groups -OCH3 is 1. The van der Waals surface area contributed by atoms with Crippen LogP contribution in [0.4, 0.5) is 10.1 Å². The van der Waals surface area contributed by atoms with Crippen LogP contribution in [-0.4, -0.2) is 55.0 Å². The Morgan fingerprint density at radius 1 is 1.23 bits per heavy atom. The normalized spacial score (nSPS) is 15.6. The largest absolute Gasteiger partial charge is 0.379 e. The maximum absolute atomic E-state index is 13.2. The first-order valence-electron chi connectivity index (χ1n) is 10.5. The number of fused-ring (bicyclic) bond motifs is 1. The molecule has 0 saturated heterocycles. The molecule has 0 aliphatic carbocycles. The highest BCUT2D eigenvalue weighted by Crippen LogP contribution is 2.55. The van der Waals surface area contributed by atoms with E-state index in [-0.39, 0.29) is 23.6 Å². The predicted molar refractivity (Wildman–Crippen MR) is 128 cm³/mol. The van der Waals surface area contributed by atoms with E-state index in [0.717, 1.165) is 5.56 Å². The Bertz CT molecular complexity index is 1250. The molecular weight excluding hydrogens is 525 g/mol. The molecule has 0 amide bonds. The van der Waals surface area contributed by atoms with E-state index in [1.807, 2.05) is 6.92 Å². The Hall–Kier alpha value is -1.88. The highest BCUT2D eigenvalue weighted by atomic mass is 35.5. The van der Waals surface area contributed by atoms with Crippen molar-refractivity contribution in [1.29, 1.82) is 0 Å². The summed E-state index contributed by atoms with van der Waals surface area (Å²) in [6.07, 6.45) is 1.71. The number of aryl methyl sites for hydroxylation is 1. The maximum Gasteiger partial charge on any atom is 0.340 e. The third kappa shape index (κ3) is 8.06. The molecule has 0 aliphatic rings. The van der Waals surface area contributed by atoms with E-state index in [2.05, 4.69) is 15.4 Å². The summed E-state index contributed by atoms with van der Waals surface area (Å²) in [7, 11) is -7.80. The summed E-state index contributed by atoms with van der Waals surface area (Å²) in [5.41, 5.74) is 2.69. The average Bonchev–Trinajstić information content (AvgIpc) is 3.15. The van der Waals surface area contributed by atoms with Gasteiger partial charge in [0.15, 0.2) is 16.7 Å². The molecule has 3 rings (SSSR count). The number of hydrogen-bond acceptors (Lipinski definition) is 7. The van der Waals surface area contributed by atoms with Gasteiger partial charge in [0.2, 0.25) is 0 Å². The Kier molecular flexibility index (Phi) is 9.06. The second-order valence-corrected chi connectivity index (χ2v) is 12.3. The number of halogens is 2. The first kappa shape index (κ1) is 27.7. The molecular formula is C20H26ClFN4O7P2. The zero-order chi connectivity index (χ0) is 25.8. The SMILES string of the molecule is CO[C@@H](CCc1cnc2c(N[C@@H](C)c3ccc(F)cc3)cc(Cl)nn12)COP(=O)(O)CP(=O)(O)O. The molecule has 0 aliphatic heterocycles. The second-order valence-electron chi connectivity index (χ2n) is 7.92. The van der Waals surface area contributed by atoms with Gasteiger partial charge in [0.1, 0.15) is 5.82 Å². The smallest absolute Gasteiger partial charge is 0.340 e. The average molecular weight is 551 g/mol. The molecule has 1 aromatic carbocycles. The van der Waals surface area contributed by atoms with Crippen LogP contribution in [0, 0.1) is 5.82 Å². The van der Waals surface area contributed by atoms with Crippen molar-refractivity contribution in [2.75, 3.05) is 24.9 Å². The van der Waals surface area contributed by atoms with E-state index >= 15 is 0 Å². The molecule has 0 fully saturated rings. The topological polar surface area (TPSA) is 156 Å². The zero-order valence-corrected chi connectivity index (χ0v) is 21.5. The molecule has 0 bridgehead atoms. The molecule has 2 heterocycles. The van der Waals surface area contributed by atoms with Gasteiger partial charge >= 0.3 is 15.2 Å². The van der Waals surface area contributed by atoms with Crippen LogP contribution in [-0.2, 0) is 24.8 Å². The molecule has 0 radical (unpaired) electrons. The summed E-state index contributed by atoms with van der Waals surface area (Å²) in [4.78, 5) is 31.9. The number of hydrogen-bond donors (Lipinski definition) is 4.